The monoisotopic (exact) mass is 428 g/mol. The number of hydrogen-bond donors (Lipinski definition) is 6. The molecule has 162 valence electrons. The van der Waals surface area contributed by atoms with E-state index in [9.17, 15) is 24.3 Å². The van der Waals surface area contributed by atoms with Crippen LogP contribution < -0.4 is 21.7 Å². The third-order valence-corrected chi connectivity index (χ3v) is 4.71. The number of imidazole rings is 1. The maximum Gasteiger partial charge on any atom is 0.326 e. The molecule has 0 saturated carbocycles. The van der Waals surface area contributed by atoms with E-state index in [1.807, 2.05) is 6.26 Å². The lowest BCUT2D eigenvalue weighted by Crippen LogP contribution is -2.55. The van der Waals surface area contributed by atoms with E-state index in [4.69, 9.17) is 5.73 Å². The molecule has 0 saturated heterocycles. The molecule has 4 unspecified atom stereocenters. The van der Waals surface area contributed by atoms with Gasteiger partial charge in [-0.2, -0.15) is 11.8 Å². The second kappa shape index (κ2) is 12.1. The first kappa shape index (κ1) is 24.4. The number of thioether (sulfide) groups is 1. The summed E-state index contributed by atoms with van der Waals surface area (Å²) in [6, 6.07) is -3.82. The molecule has 12 heteroatoms. The Morgan fingerprint density at radius 2 is 1.72 bits per heavy atom. The van der Waals surface area contributed by atoms with Gasteiger partial charge >= 0.3 is 5.97 Å². The first-order chi connectivity index (χ1) is 13.6. The highest BCUT2D eigenvalue weighted by molar-refractivity contribution is 7.98. The highest BCUT2D eigenvalue weighted by Crippen LogP contribution is 2.01. The summed E-state index contributed by atoms with van der Waals surface area (Å²) in [6.45, 7) is 2.89. The molecule has 0 spiro atoms. The summed E-state index contributed by atoms with van der Waals surface area (Å²) in [4.78, 5) is 54.4. The van der Waals surface area contributed by atoms with Crippen LogP contribution in [0.3, 0.4) is 0 Å². The topological polar surface area (TPSA) is 179 Å². The standard InChI is InChI=1S/C17H28N6O5S/c1-9(22-16(26)12(18)4-5-29-3)14(24)21-10(2)15(25)23-13(17(27)28)6-11-7-19-8-20-11/h7-10,12-13H,4-6,18H2,1-3H3,(H,19,20)(H,21,24)(H,22,26)(H,23,25)(H,27,28). The Morgan fingerprint density at radius 1 is 1.14 bits per heavy atom. The minimum atomic E-state index is -1.22. The Balaban J connectivity index is 2.53. The Kier molecular flexibility index (Phi) is 10.2. The van der Waals surface area contributed by atoms with Crippen LogP contribution in [0.1, 0.15) is 26.0 Å². The predicted molar refractivity (Wildman–Crippen MR) is 108 cm³/mol. The Labute approximate surface area is 173 Å². The van der Waals surface area contributed by atoms with Gasteiger partial charge in [-0.25, -0.2) is 9.78 Å². The van der Waals surface area contributed by atoms with Crippen molar-refractivity contribution < 1.29 is 24.3 Å². The van der Waals surface area contributed by atoms with E-state index in [1.165, 1.54) is 26.4 Å². The van der Waals surface area contributed by atoms with Crippen LogP contribution in [-0.4, -0.2) is 74.9 Å². The molecule has 29 heavy (non-hydrogen) atoms. The largest absolute Gasteiger partial charge is 0.480 e. The number of rotatable bonds is 12. The van der Waals surface area contributed by atoms with Gasteiger partial charge in [0.25, 0.3) is 0 Å². The Hall–Kier alpha value is -2.60. The van der Waals surface area contributed by atoms with Crippen molar-refractivity contribution >= 4 is 35.5 Å². The molecule has 1 heterocycles. The van der Waals surface area contributed by atoms with Gasteiger partial charge in [-0.05, 0) is 32.3 Å². The molecular formula is C17H28N6O5S. The van der Waals surface area contributed by atoms with Crippen LogP contribution in [0.4, 0.5) is 0 Å². The van der Waals surface area contributed by atoms with E-state index in [0.29, 0.717) is 12.1 Å². The molecule has 3 amide bonds. The fourth-order valence-electron chi connectivity index (χ4n) is 2.28. The molecule has 11 nitrogen and oxygen atoms in total. The molecule has 1 rings (SSSR count). The average molecular weight is 429 g/mol. The maximum absolute atomic E-state index is 12.3. The van der Waals surface area contributed by atoms with Crippen molar-refractivity contribution in [1.82, 2.24) is 25.9 Å². The first-order valence-electron chi connectivity index (χ1n) is 9.01. The van der Waals surface area contributed by atoms with Crippen molar-refractivity contribution in [3.63, 3.8) is 0 Å². The molecular weight excluding hydrogens is 400 g/mol. The molecule has 0 aliphatic heterocycles. The van der Waals surface area contributed by atoms with Gasteiger partial charge in [0, 0.05) is 18.3 Å². The number of nitrogens with one attached hydrogen (secondary N) is 4. The van der Waals surface area contributed by atoms with Gasteiger partial charge in [0.15, 0.2) is 0 Å². The van der Waals surface area contributed by atoms with E-state index in [1.54, 1.807) is 11.8 Å². The minimum absolute atomic E-state index is 0.0160. The lowest BCUT2D eigenvalue weighted by molar-refractivity contribution is -0.142. The quantitative estimate of drug-likeness (QED) is 0.235. The number of carbonyl (C=O) groups is 4. The van der Waals surface area contributed by atoms with Crippen LogP contribution in [0.2, 0.25) is 0 Å². The number of aromatic nitrogens is 2. The molecule has 1 aromatic heterocycles. The molecule has 1 aromatic rings. The molecule has 0 fully saturated rings. The van der Waals surface area contributed by atoms with Crippen molar-refractivity contribution in [3.05, 3.63) is 18.2 Å². The molecule has 0 radical (unpaired) electrons. The fraction of sp³-hybridized carbons (Fsp3) is 0.588. The van der Waals surface area contributed by atoms with Crippen LogP contribution in [0.25, 0.3) is 0 Å². The van der Waals surface area contributed by atoms with Gasteiger partial charge in [0.05, 0.1) is 12.4 Å². The summed E-state index contributed by atoms with van der Waals surface area (Å²) in [6.07, 6.45) is 5.26. The summed E-state index contributed by atoms with van der Waals surface area (Å²) < 4.78 is 0. The lowest BCUT2D eigenvalue weighted by Gasteiger charge is -2.21. The van der Waals surface area contributed by atoms with Crippen LogP contribution in [0, 0.1) is 0 Å². The number of aromatic amines is 1. The van der Waals surface area contributed by atoms with E-state index in [2.05, 4.69) is 25.9 Å². The maximum atomic E-state index is 12.3. The van der Waals surface area contributed by atoms with Gasteiger partial charge < -0.3 is 31.8 Å². The van der Waals surface area contributed by atoms with Gasteiger partial charge in [-0.1, -0.05) is 0 Å². The molecule has 7 N–H and O–H groups in total. The number of carboxylic acids is 1. The number of H-pyrrole nitrogens is 1. The summed E-state index contributed by atoms with van der Waals surface area (Å²) >= 11 is 1.56. The second-order valence-corrected chi connectivity index (χ2v) is 7.51. The SMILES string of the molecule is CSCCC(N)C(=O)NC(C)C(=O)NC(C)C(=O)NC(Cc1cnc[nH]1)C(=O)O. The van der Waals surface area contributed by atoms with Crippen molar-refractivity contribution in [2.45, 2.75) is 50.9 Å². The number of nitrogens with zero attached hydrogens (tertiary/aromatic N) is 1. The highest BCUT2D eigenvalue weighted by atomic mass is 32.2. The Morgan fingerprint density at radius 3 is 2.24 bits per heavy atom. The smallest absolute Gasteiger partial charge is 0.326 e. The first-order valence-corrected chi connectivity index (χ1v) is 10.4. The number of nitrogens with two attached hydrogens (primary N) is 1. The third-order valence-electron chi connectivity index (χ3n) is 4.07. The van der Waals surface area contributed by atoms with Crippen molar-refractivity contribution in [1.29, 1.82) is 0 Å². The number of amides is 3. The van der Waals surface area contributed by atoms with Gasteiger partial charge in [-0.15, -0.1) is 0 Å². The van der Waals surface area contributed by atoms with E-state index in [-0.39, 0.29) is 6.42 Å². The van der Waals surface area contributed by atoms with E-state index in [0.717, 1.165) is 5.75 Å². The van der Waals surface area contributed by atoms with Crippen molar-refractivity contribution in [3.8, 4) is 0 Å². The minimum Gasteiger partial charge on any atom is -0.480 e. The van der Waals surface area contributed by atoms with Crippen LogP contribution >= 0.6 is 11.8 Å². The van der Waals surface area contributed by atoms with Crippen molar-refractivity contribution in [2.75, 3.05) is 12.0 Å². The van der Waals surface area contributed by atoms with E-state index < -0.39 is 47.9 Å². The normalized spacial score (nSPS) is 14.9. The summed E-state index contributed by atoms with van der Waals surface area (Å²) in [7, 11) is 0. The number of carbonyl (C=O) groups excluding carboxylic acids is 3. The molecule has 0 aliphatic carbocycles. The highest BCUT2D eigenvalue weighted by Gasteiger charge is 2.26. The molecule has 0 bridgehead atoms. The fourth-order valence-corrected chi connectivity index (χ4v) is 2.77. The van der Waals surface area contributed by atoms with E-state index >= 15 is 0 Å². The number of carboxylic acid groups (broad SMARTS) is 1. The Bertz CT molecular complexity index is 698. The van der Waals surface area contributed by atoms with Crippen molar-refractivity contribution in [2.24, 2.45) is 5.73 Å². The second-order valence-electron chi connectivity index (χ2n) is 6.53. The zero-order chi connectivity index (χ0) is 22.0. The third kappa shape index (κ3) is 8.52. The zero-order valence-electron chi connectivity index (χ0n) is 16.6. The number of hydrogen-bond acceptors (Lipinski definition) is 7. The van der Waals surface area contributed by atoms with Crippen LogP contribution in [0.15, 0.2) is 12.5 Å². The lowest BCUT2D eigenvalue weighted by atomic mass is 10.1. The predicted octanol–water partition coefficient (Wildman–Crippen LogP) is -1.39. The molecule has 0 aromatic carbocycles. The average Bonchev–Trinajstić information content (AvgIpc) is 3.18. The summed E-state index contributed by atoms with van der Waals surface area (Å²) in [5.41, 5.74) is 6.30. The zero-order valence-corrected chi connectivity index (χ0v) is 17.4. The summed E-state index contributed by atoms with van der Waals surface area (Å²) in [5.74, 6) is -2.20. The molecule has 0 aliphatic rings. The summed E-state index contributed by atoms with van der Waals surface area (Å²) in [5, 5.41) is 16.6. The van der Waals surface area contributed by atoms with Crippen LogP contribution in [0.5, 0.6) is 0 Å². The van der Waals surface area contributed by atoms with Gasteiger partial charge in [0.1, 0.15) is 18.1 Å². The van der Waals surface area contributed by atoms with Gasteiger partial charge in [0.2, 0.25) is 17.7 Å². The molecule has 4 atom stereocenters. The van der Waals surface area contributed by atoms with Gasteiger partial charge in [-0.3, -0.25) is 14.4 Å². The number of aliphatic carboxylic acids is 1. The van der Waals surface area contributed by atoms with Crippen LogP contribution in [-0.2, 0) is 25.6 Å².